The zero-order valence-corrected chi connectivity index (χ0v) is 51.5. The van der Waals surface area contributed by atoms with Gasteiger partial charge in [-0.2, -0.15) is 0 Å². The first-order chi connectivity index (χ1) is 37.0. The first kappa shape index (κ1) is 66.1. The van der Waals surface area contributed by atoms with Crippen molar-refractivity contribution in [2.75, 3.05) is 41.1 Å². The van der Waals surface area contributed by atoms with Gasteiger partial charge in [0.05, 0.1) is 37.6 Å². The van der Waals surface area contributed by atoms with E-state index in [1.807, 2.05) is 83.8 Å². The topological polar surface area (TPSA) is 209 Å². The molecule has 17 nitrogen and oxygen atoms in total. The van der Waals surface area contributed by atoms with Crippen LogP contribution in [0.3, 0.4) is 0 Å². The van der Waals surface area contributed by atoms with Crippen LogP contribution in [0.15, 0.2) is 47.6 Å². The van der Waals surface area contributed by atoms with Crippen molar-refractivity contribution in [3.05, 3.63) is 47.6 Å². The molecule has 446 valence electrons. The van der Waals surface area contributed by atoms with Gasteiger partial charge in [0.2, 0.25) is 5.79 Å². The van der Waals surface area contributed by atoms with Crippen molar-refractivity contribution in [1.82, 2.24) is 4.90 Å². The average molecular weight is 1130 g/mol. The fourth-order valence-corrected chi connectivity index (χ4v) is 12.8. The van der Waals surface area contributed by atoms with Crippen LogP contribution in [0.5, 0.6) is 0 Å². The van der Waals surface area contributed by atoms with E-state index in [1.165, 1.54) is 12.0 Å². The van der Waals surface area contributed by atoms with Crippen molar-refractivity contribution in [2.45, 2.75) is 220 Å². The van der Waals surface area contributed by atoms with Crippen molar-refractivity contribution < 1.29 is 76.2 Å². The number of fused-ring (bicyclic) bond motifs is 3. The number of aliphatic hydroxyl groups is 1. The number of Topliss-reactive ketones (excluding diaryl/α,β-unsaturated/α-hetero) is 3. The van der Waals surface area contributed by atoms with Crippen molar-refractivity contribution in [2.24, 2.45) is 40.9 Å². The molecule has 4 fully saturated rings. The molecule has 79 heavy (non-hydrogen) atoms. The first-order valence-electron chi connectivity index (χ1n) is 28.9. The minimum atomic E-state index is -2.45. The number of esters is 2. The number of amides is 1. The molecule has 5 rings (SSSR count). The summed E-state index contributed by atoms with van der Waals surface area (Å²) in [6.07, 6.45) is 11.3. The summed E-state index contributed by atoms with van der Waals surface area (Å²) in [7, 11) is 2.36. The molecular formula is C61H97NO16Si. The van der Waals surface area contributed by atoms with Crippen LogP contribution in [0.2, 0.25) is 19.6 Å². The van der Waals surface area contributed by atoms with E-state index in [2.05, 4.69) is 6.92 Å². The number of rotatable bonds is 10. The van der Waals surface area contributed by atoms with Crippen molar-refractivity contribution in [3.8, 4) is 0 Å². The molecule has 0 spiro atoms. The second-order valence-corrected chi connectivity index (χ2v) is 29.8. The minimum absolute atomic E-state index is 0.0279. The summed E-state index contributed by atoms with van der Waals surface area (Å²) >= 11 is 0. The maximum absolute atomic E-state index is 14.7. The van der Waals surface area contributed by atoms with Crippen LogP contribution in [0.25, 0.3) is 0 Å². The minimum Gasteiger partial charge on any atom is -0.460 e. The summed E-state index contributed by atoms with van der Waals surface area (Å²) in [4.78, 5) is 87.1. The number of hydrogen-bond acceptors (Lipinski definition) is 16. The van der Waals surface area contributed by atoms with E-state index >= 15 is 0 Å². The molecular weight excluding hydrogens is 1030 g/mol. The monoisotopic (exact) mass is 1130 g/mol. The van der Waals surface area contributed by atoms with E-state index in [0.717, 1.165) is 5.57 Å². The lowest BCUT2D eigenvalue weighted by atomic mass is 9.78. The molecule has 4 heterocycles. The number of methoxy groups -OCH3 is 3. The Kier molecular flexibility index (Phi) is 23.8. The molecule has 18 heteroatoms. The Morgan fingerprint density at radius 1 is 0.823 bits per heavy atom. The lowest BCUT2D eigenvalue weighted by Crippen LogP contribution is -2.59. The van der Waals surface area contributed by atoms with Gasteiger partial charge in [-0.3, -0.25) is 24.0 Å². The second kappa shape index (κ2) is 28.5. The number of allylic oxidation sites excluding steroid dienone is 6. The maximum Gasteiger partial charge on any atom is 0.329 e. The van der Waals surface area contributed by atoms with Gasteiger partial charge in [-0.05, 0) is 141 Å². The highest BCUT2D eigenvalue weighted by atomic mass is 28.4. The van der Waals surface area contributed by atoms with Crippen molar-refractivity contribution >= 4 is 43.5 Å². The Morgan fingerprint density at radius 3 is 2.14 bits per heavy atom. The molecule has 0 unspecified atom stereocenters. The number of carbonyl (C=O) groups excluding carboxylic acids is 6. The van der Waals surface area contributed by atoms with Gasteiger partial charge in [0.25, 0.3) is 11.7 Å². The standard InChI is InChI=1S/C61H97NO16Si/c1-37-21-18-17-19-22-38(2)49(70-11)33-45-26-24-43(7)61(69,77-45)55(65)56(66)62-28-20-23-46(62)57(67)75-50(34-47(63)39(3)30-42(6)53(78-79(14,15)16)54(72-13)52(64)41(5)29-37)40(4)31-44-25-27-48(51(32-44)71-12)76-58(68)60(10)35-73-59(8,9)74-36-60/h17-19,21-22,30,37,39-41,43-46,48-51,53-54,69H,20,23-29,31-36H2,1-16H3/b19-17+,21-18+,38-22+,42-30+/t37-,39-,40-,41-,43-,44+,45+,46+,48-,49+,50+,51-,53-,54+,61-/m1/s1. The van der Waals surface area contributed by atoms with Gasteiger partial charge in [-0.1, -0.05) is 71.1 Å². The summed E-state index contributed by atoms with van der Waals surface area (Å²) in [5, 5.41) is 12.0. The number of hydrogen-bond donors (Lipinski definition) is 1. The molecule has 15 atom stereocenters. The lowest BCUT2D eigenvalue weighted by molar-refractivity contribution is -0.283. The van der Waals surface area contributed by atoms with Gasteiger partial charge in [0, 0.05) is 58.5 Å². The summed E-state index contributed by atoms with van der Waals surface area (Å²) in [5.41, 5.74) is 0.560. The smallest absolute Gasteiger partial charge is 0.329 e. The molecule has 1 N–H and O–H groups in total. The lowest BCUT2D eigenvalue weighted by Gasteiger charge is -2.42. The molecule has 4 aliphatic heterocycles. The molecule has 0 radical (unpaired) electrons. The normalized spacial score (nSPS) is 37.9. The molecule has 3 saturated heterocycles. The number of nitrogens with zero attached hydrogens (tertiary/aromatic N) is 1. The van der Waals surface area contributed by atoms with E-state index in [-0.39, 0.29) is 67.8 Å². The van der Waals surface area contributed by atoms with E-state index in [4.69, 9.17) is 42.3 Å². The number of carbonyl (C=O) groups is 6. The fraction of sp³-hybridized carbons (Fsp3) is 0.770. The fourth-order valence-electron chi connectivity index (χ4n) is 11.7. The van der Waals surface area contributed by atoms with E-state index in [1.54, 1.807) is 48.8 Å². The molecule has 0 aromatic heterocycles. The third-order valence-electron chi connectivity index (χ3n) is 16.9. The highest BCUT2D eigenvalue weighted by Crippen LogP contribution is 2.40. The molecule has 0 aromatic carbocycles. The largest absolute Gasteiger partial charge is 0.460 e. The Balaban J connectivity index is 1.47. The Bertz CT molecular complexity index is 2240. The number of cyclic esters (lactones) is 1. The Hall–Kier alpha value is -3.72. The summed E-state index contributed by atoms with van der Waals surface area (Å²) in [6, 6.07) is -1.16. The predicted molar refractivity (Wildman–Crippen MR) is 301 cm³/mol. The SMILES string of the molecule is CO[C@H]1C[C@@H]2CC[C@@H](C)[C@@](O)(O2)C(=O)C(=O)N2CCC[C@H]2C(=O)O[C@H]([C@H](C)C[C@@H]2CC[C@@H](OC(=O)C3(C)COC(C)(C)OC3)[C@H](OC)C2)CC(=O)[C@H](C)/C=C(\C)[C@@H](O[Si](C)(C)C)[C@@H](OC)C(=O)[C@H](C)C[C@H](C)/C=C/C=C/C=C/1C. The van der Waals surface area contributed by atoms with Crippen molar-refractivity contribution in [1.29, 1.82) is 0 Å². The van der Waals surface area contributed by atoms with Gasteiger partial charge < -0.3 is 52.3 Å². The third kappa shape index (κ3) is 17.6. The van der Waals surface area contributed by atoms with Gasteiger partial charge in [-0.25, -0.2) is 4.79 Å². The molecule has 0 aromatic rings. The molecule has 5 aliphatic rings. The number of ketones is 3. The van der Waals surface area contributed by atoms with Crippen LogP contribution in [0, 0.1) is 40.9 Å². The molecule has 1 saturated carbocycles. The summed E-state index contributed by atoms with van der Waals surface area (Å²) in [5.74, 6) is -9.09. The molecule has 1 aliphatic carbocycles. The van der Waals surface area contributed by atoms with Gasteiger partial charge >= 0.3 is 11.9 Å². The van der Waals surface area contributed by atoms with Crippen molar-refractivity contribution in [3.63, 3.8) is 0 Å². The Labute approximate surface area is 472 Å². The van der Waals surface area contributed by atoms with Crippen LogP contribution < -0.4 is 0 Å². The maximum atomic E-state index is 14.7. The highest BCUT2D eigenvalue weighted by molar-refractivity contribution is 6.69. The van der Waals surface area contributed by atoms with Crippen LogP contribution in [-0.2, 0) is 71.1 Å². The quantitative estimate of drug-likeness (QED) is 0.0937. The van der Waals surface area contributed by atoms with Crippen LogP contribution in [0.4, 0.5) is 0 Å². The molecule has 1 amide bonds. The molecule has 2 bridgehead atoms. The van der Waals surface area contributed by atoms with E-state index in [0.29, 0.717) is 63.4 Å². The van der Waals surface area contributed by atoms with Gasteiger partial charge in [0.15, 0.2) is 19.9 Å². The van der Waals surface area contributed by atoms with Crippen LogP contribution >= 0.6 is 0 Å². The van der Waals surface area contributed by atoms with E-state index < -0.39 is 110 Å². The summed E-state index contributed by atoms with van der Waals surface area (Å²) < 4.78 is 54.9. The highest BCUT2D eigenvalue weighted by Gasteiger charge is 2.54. The van der Waals surface area contributed by atoms with Crippen LogP contribution in [-0.4, -0.2) is 155 Å². The first-order valence-corrected chi connectivity index (χ1v) is 32.3. The zero-order valence-electron chi connectivity index (χ0n) is 50.5. The average Bonchev–Trinajstić information content (AvgIpc) is 3.93. The second-order valence-electron chi connectivity index (χ2n) is 25.4. The number of ether oxygens (including phenoxy) is 8. The Morgan fingerprint density at radius 2 is 1.51 bits per heavy atom. The zero-order chi connectivity index (χ0) is 58.8. The van der Waals surface area contributed by atoms with Gasteiger partial charge in [-0.15, -0.1) is 0 Å². The van der Waals surface area contributed by atoms with E-state index in [9.17, 15) is 33.9 Å². The van der Waals surface area contributed by atoms with Gasteiger partial charge in [0.1, 0.15) is 35.6 Å². The summed E-state index contributed by atoms with van der Waals surface area (Å²) in [6.45, 7) is 25.0. The third-order valence-corrected chi connectivity index (χ3v) is 17.8. The predicted octanol–water partition coefficient (Wildman–Crippen LogP) is 8.99. The van der Waals surface area contributed by atoms with Crippen LogP contribution in [0.1, 0.15) is 140 Å².